The van der Waals surface area contributed by atoms with Gasteiger partial charge in [0.2, 0.25) is 0 Å². The highest BCUT2D eigenvalue weighted by Crippen LogP contribution is 2.44. The lowest BCUT2D eigenvalue weighted by Gasteiger charge is -2.38. The van der Waals surface area contributed by atoms with Crippen LogP contribution >= 0.6 is 0 Å². The molecule has 0 amide bonds. The first-order valence-electron chi connectivity index (χ1n) is 11.7. The van der Waals surface area contributed by atoms with E-state index in [0.717, 1.165) is 5.56 Å². The molecule has 3 aromatic rings. The number of aliphatic imine (C=N–C) groups is 1. The minimum absolute atomic E-state index is 0.126. The molecule has 3 heterocycles. The van der Waals surface area contributed by atoms with E-state index in [-0.39, 0.29) is 13.2 Å². The van der Waals surface area contributed by atoms with E-state index in [1.54, 1.807) is 42.4 Å². The first-order chi connectivity index (χ1) is 17.5. The standard InChI is InChI=1S/C25H29F4N5O3/c1-13(10-36-24(26)27)34-21(9-33-11-25(28,29)12-33)31-15(3)23(34)17-8-20(35-6)18(7-19(17)30-5)22-14(2)32-37-16(22)4/h7-8,13,24H,5,9-12H2,1-4,6H3/t13-/m1/s1. The van der Waals surface area contributed by atoms with E-state index < -0.39 is 31.7 Å². The Morgan fingerprint density at radius 1 is 1.16 bits per heavy atom. The highest BCUT2D eigenvalue weighted by atomic mass is 19.3. The number of methoxy groups -OCH3 is 1. The molecule has 0 unspecified atom stereocenters. The number of nitrogens with zero attached hydrogens (tertiary/aromatic N) is 5. The zero-order valence-electron chi connectivity index (χ0n) is 21.3. The molecular formula is C25H29F4N5O3. The van der Waals surface area contributed by atoms with Crippen LogP contribution in [-0.2, 0) is 11.3 Å². The number of imidazole rings is 1. The average molecular weight is 524 g/mol. The first kappa shape index (κ1) is 26.8. The Bertz CT molecular complexity index is 1280. The highest BCUT2D eigenvalue weighted by molar-refractivity contribution is 5.86. The van der Waals surface area contributed by atoms with Gasteiger partial charge >= 0.3 is 6.61 Å². The average Bonchev–Trinajstić information content (AvgIpc) is 3.32. The van der Waals surface area contributed by atoms with Crippen LogP contribution in [0.4, 0.5) is 23.2 Å². The summed E-state index contributed by atoms with van der Waals surface area (Å²) < 4.78 is 70.1. The van der Waals surface area contributed by atoms with Crippen molar-refractivity contribution in [3.8, 4) is 28.1 Å². The summed E-state index contributed by atoms with van der Waals surface area (Å²) in [5, 5.41) is 4.02. The molecule has 8 nitrogen and oxygen atoms in total. The molecule has 0 spiro atoms. The lowest BCUT2D eigenvalue weighted by molar-refractivity contribution is -0.138. The van der Waals surface area contributed by atoms with Crippen LogP contribution in [0.15, 0.2) is 21.6 Å². The Morgan fingerprint density at radius 2 is 1.86 bits per heavy atom. The van der Waals surface area contributed by atoms with Gasteiger partial charge in [-0.25, -0.2) is 13.8 Å². The fourth-order valence-corrected chi connectivity index (χ4v) is 4.84. The number of ether oxygens (including phenoxy) is 2. The number of hydrogen-bond donors (Lipinski definition) is 0. The summed E-state index contributed by atoms with van der Waals surface area (Å²) in [6.07, 6.45) is 0. The molecule has 1 saturated heterocycles. The van der Waals surface area contributed by atoms with Crippen molar-refractivity contribution in [1.29, 1.82) is 0 Å². The van der Waals surface area contributed by atoms with Crippen LogP contribution in [0.1, 0.15) is 35.9 Å². The molecule has 200 valence electrons. The molecule has 1 fully saturated rings. The smallest absolute Gasteiger partial charge is 0.345 e. The normalized spacial score (nSPS) is 16.2. The monoisotopic (exact) mass is 523 g/mol. The Labute approximate surface area is 211 Å². The number of aryl methyl sites for hydroxylation is 3. The van der Waals surface area contributed by atoms with Gasteiger partial charge < -0.3 is 18.6 Å². The Morgan fingerprint density at radius 3 is 2.41 bits per heavy atom. The van der Waals surface area contributed by atoms with Crippen LogP contribution in [0, 0.1) is 20.8 Å². The second-order valence-electron chi connectivity index (χ2n) is 9.20. The van der Waals surface area contributed by atoms with Gasteiger partial charge in [-0.15, -0.1) is 0 Å². The topological polar surface area (TPSA) is 77.9 Å². The molecular weight excluding hydrogens is 494 g/mol. The van der Waals surface area contributed by atoms with Crippen LogP contribution in [0.2, 0.25) is 0 Å². The molecule has 0 N–H and O–H groups in total. The van der Waals surface area contributed by atoms with Crippen molar-refractivity contribution in [3.05, 3.63) is 35.1 Å². The summed E-state index contributed by atoms with van der Waals surface area (Å²) >= 11 is 0. The summed E-state index contributed by atoms with van der Waals surface area (Å²) in [7, 11) is 1.53. The van der Waals surface area contributed by atoms with Crippen molar-refractivity contribution in [2.75, 3.05) is 26.8 Å². The summed E-state index contributed by atoms with van der Waals surface area (Å²) in [5.41, 5.74) is 4.37. The maximum atomic E-state index is 13.5. The van der Waals surface area contributed by atoms with Gasteiger partial charge in [0.15, 0.2) is 0 Å². The van der Waals surface area contributed by atoms with Crippen molar-refractivity contribution in [2.24, 2.45) is 4.99 Å². The molecule has 2 aromatic heterocycles. The van der Waals surface area contributed by atoms with E-state index in [1.807, 2.05) is 6.92 Å². The van der Waals surface area contributed by atoms with Gasteiger partial charge in [-0.1, -0.05) is 5.16 Å². The Balaban J connectivity index is 1.86. The van der Waals surface area contributed by atoms with Gasteiger partial charge in [-0.2, -0.15) is 8.78 Å². The molecule has 12 heteroatoms. The maximum Gasteiger partial charge on any atom is 0.345 e. The van der Waals surface area contributed by atoms with Gasteiger partial charge in [-0.3, -0.25) is 9.89 Å². The van der Waals surface area contributed by atoms with Crippen LogP contribution in [0.25, 0.3) is 22.4 Å². The molecule has 0 aliphatic carbocycles. The van der Waals surface area contributed by atoms with Crippen molar-refractivity contribution in [2.45, 2.75) is 52.8 Å². The quantitative estimate of drug-likeness (QED) is 0.250. The van der Waals surface area contributed by atoms with Crippen LogP contribution in [0.5, 0.6) is 5.75 Å². The summed E-state index contributed by atoms with van der Waals surface area (Å²) in [6.45, 7) is 6.88. The van der Waals surface area contributed by atoms with Crippen molar-refractivity contribution in [3.63, 3.8) is 0 Å². The molecule has 0 saturated carbocycles. The summed E-state index contributed by atoms with van der Waals surface area (Å²) in [6, 6.07) is 2.97. The molecule has 37 heavy (non-hydrogen) atoms. The Kier molecular flexibility index (Phi) is 7.43. The Hall–Kier alpha value is -3.25. The largest absolute Gasteiger partial charge is 0.496 e. The first-order valence-corrected chi connectivity index (χ1v) is 11.7. The third-order valence-electron chi connectivity index (χ3n) is 6.38. The summed E-state index contributed by atoms with van der Waals surface area (Å²) in [5.74, 6) is -1.19. The van der Waals surface area contributed by atoms with Gasteiger partial charge in [0.25, 0.3) is 5.92 Å². The number of hydrogen-bond acceptors (Lipinski definition) is 7. The fraction of sp³-hybridized carbons (Fsp3) is 0.480. The lowest BCUT2D eigenvalue weighted by Crippen LogP contribution is -2.55. The predicted molar refractivity (Wildman–Crippen MR) is 130 cm³/mol. The van der Waals surface area contributed by atoms with Crippen LogP contribution in [-0.4, -0.2) is 65.7 Å². The van der Waals surface area contributed by atoms with E-state index in [2.05, 4.69) is 26.6 Å². The van der Waals surface area contributed by atoms with Crippen molar-refractivity contribution < 1.29 is 31.6 Å². The van der Waals surface area contributed by atoms with Gasteiger partial charge in [-0.05, 0) is 46.5 Å². The molecule has 4 rings (SSSR count). The maximum absolute atomic E-state index is 13.5. The number of halogens is 4. The number of rotatable bonds is 10. The van der Waals surface area contributed by atoms with Crippen LogP contribution < -0.4 is 4.74 Å². The fourth-order valence-electron chi connectivity index (χ4n) is 4.84. The number of likely N-dealkylation sites (tertiary alicyclic amines) is 1. The second kappa shape index (κ2) is 10.3. The third kappa shape index (κ3) is 5.26. The highest BCUT2D eigenvalue weighted by Gasteiger charge is 2.44. The van der Waals surface area contributed by atoms with E-state index in [9.17, 15) is 17.6 Å². The lowest BCUT2D eigenvalue weighted by atomic mass is 9.97. The van der Waals surface area contributed by atoms with Crippen molar-refractivity contribution >= 4 is 12.4 Å². The minimum atomic E-state index is -2.95. The third-order valence-corrected chi connectivity index (χ3v) is 6.38. The predicted octanol–water partition coefficient (Wildman–Crippen LogP) is 5.72. The van der Waals surface area contributed by atoms with E-state index in [1.165, 1.54) is 7.11 Å². The summed E-state index contributed by atoms with van der Waals surface area (Å²) in [4.78, 5) is 10.4. The number of alkyl halides is 4. The molecule has 0 bridgehead atoms. The number of aromatic nitrogens is 3. The molecule has 1 aliphatic rings. The molecule has 1 atom stereocenters. The molecule has 1 aromatic carbocycles. The number of benzene rings is 1. The minimum Gasteiger partial charge on any atom is -0.496 e. The van der Waals surface area contributed by atoms with E-state index in [4.69, 9.17) is 9.26 Å². The molecule has 1 aliphatic heterocycles. The molecule has 0 radical (unpaired) electrons. The zero-order valence-corrected chi connectivity index (χ0v) is 21.3. The van der Waals surface area contributed by atoms with Crippen LogP contribution in [0.3, 0.4) is 0 Å². The SMILES string of the molecule is C=Nc1cc(-c2c(C)noc2C)c(OC)cc1-c1c(C)nc(CN2CC(F)(F)C2)n1[C@H](C)COC(F)F. The second-order valence-corrected chi connectivity index (χ2v) is 9.20. The van der Waals surface area contributed by atoms with Gasteiger partial charge in [0.1, 0.15) is 17.3 Å². The van der Waals surface area contributed by atoms with E-state index >= 15 is 0 Å². The zero-order chi connectivity index (χ0) is 27.1. The van der Waals surface area contributed by atoms with Gasteiger partial charge in [0.05, 0.1) is 67.7 Å². The van der Waals surface area contributed by atoms with Crippen molar-refractivity contribution in [1.82, 2.24) is 19.6 Å². The van der Waals surface area contributed by atoms with Gasteiger partial charge in [0, 0.05) is 11.1 Å². The van der Waals surface area contributed by atoms with E-state index in [0.29, 0.717) is 51.2 Å².